The lowest BCUT2D eigenvalue weighted by Crippen LogP contribution is -2.30. The fraction of sp³-hybridized carbons (Fsp3) is 0.133. The minimum absolute atomic E-state index is 0.00640. The number of hydrogen-bond acceptors (Lipinski definition) is 6. The molecule has 1 atom stereocenters. The molecule has 1 aromatic carbocycles. The number of ether oxygens (including phenoxy) is 1. The number of aromatic nitrogens is 2. The summed E-state index contributed by atoms with van der Waals surface area (Å²) < 4.78 is 23.5. The van der Waals surface area contributed by atoms with Gasteiger partial charge < -0.3 is 10.1 Å². The van der Waals surface area contributed by atoms with Gasteiger partial charge in [-0.1, -0.05) is 18.2 Å². The van der Waals surface area contributed by atoms with Crippen LogP contribution in [-0.2, 0) is 4.79 Å². The summed E-state index contributed by atoms with van der Waals surface area (Å²) >= 11 is 1.44. The standard InChI is InChI=1S/C15H12FN3O3S/c1-9(21-11-6-3-2-5-10(11)16)15(20)17-14-13(18-22-19-14)12-7-4-8-23-12/h2-9H,1H3,(H,17,19,20)/t9-/m0/s1. The number of anilines is 1. The first kappa shape index (κ1) is 15.2. The summed E-state index contributed by atoms with van der Waals surface area (Å²) in [5.41, 5.74) is 0.437. The van der Waals surface area contributed by atoms with Gasteiger partial charge in [0.05, 0.1) is 4.88 Å². The molecule has 0 saturated heterocycles. The number of carbonyl (C=O) groups excluding carboxylic acids is 1. The van der Waals surface area contributed by atoms with Crippen molar-refractivity contribution in [2.75, 3.05) is 5.32 Å². The molecule has 8 heteroatoms. The summed E-state index contributed by atoms with van der Waals surface area (Å²) in [5.74, 6) is -0.815. The van der Waals surface area contributed by atoms with Gasteiger partial charge in [-0.2, -0.15) is 0 Å². The van der Waals surface area contributed by atoms with E-state index in [9.17, 15) is 9.18 Å². The molecule has 0 aliphatic carbocycles. The Kier molecular flexibility index (Phi) is 4.33. The van der Waals surface area contributed by atoms with Crippen LogP contribution in [0, 0.1) is 5.82 Å². The van der Waals surface area contributed by atoms with Crippen LogP contribution in [0.3, 0.4) is 0 Å². The fourth-order valence-corrected chi connectivity index (χ4v) is 2.55. The van der Waals surface area contributed by atoms with E-state index >= 15 is 0 Å². The van der Waals surface area contributed by atoms with Crippen molar-refractivity contribution in [1.82, 2.24) is 10.3 Å². The first-order chi connectivity index (χ1) is 11.1. The highest BCUT2D eigenvalue weighted by atomic mass is 32.1. The summed E-state index contributed by atoms with van der Waals surface area (Å²) in [6.07, 6.45) is -0.917. The van der Waals surface area contributed by atoms with Crippen LogP contribution in [0.15, 0.2) is 46.4 Å². The first-order valence-corrected chi connectivity index (χ1v) is 7.61. The van der Waals surface area contributed by atoms with E-state index in [2.05, 4.69) is 20.3 Å². The first-order valence-electron chi connectivity index (χ1n) is 6.73. The van der Waals surface area contributed by atoms with Crippen LogP contribution in [0.4, 0.5) is 10.2 Å². The third kappa shape index (κ3) is 3.37. The Morgan fingerprint density at radius 2 is 2.13 bits per heavy atom. The van der Waals surface area contributed by atoms with E-state index in [0.717, 1.165) is 4.88 Å². The van der Waals surface area contributed by atoms with Crippen molar-refractivity contribution in [3.63, 3.8) is 0 Å². The second kappa shape index (κ2) is 6.57. The van der Waals surface area contributed by atoms with Crippen molar-refractivity contribution in [2.24, 2.45) is 0 Å². The molecule has 2 heterocycles. The molecule has 118 valence electrons. The van der Waals surface area contributed by atoms with Crippen LogP contribution in [0.1, 0.15) is 6.92 Å². The van der Waals surface area contributed by atoms with Crippen LogP contribution in [0.2, 0.25) is 0 Å². The minimum Gasteiger partial charge on any atom is -0.478 e. The smallest absolute Gasteiger partial charge is 0.266 e. The maximum atomic E-state index is 13.5. The topological polar surface area (TPSA) is 77.2 Å². The largest absolute Gasteiger partial charge is 0.478 e. The van der Waals surface area contributed by atoms with Crippen molar-refractivity contribution < 1.29 is 18.6 Å². The Balaban J connectivity index is 1.70. The quantitative estimate of drug-likeness (QED) is 0.775. The average molecular weight is 333 g/mol. The van der Waals surface area contributed by atoms with E-state index in [1.807, 2.05) is 17.5 Å². The summed E-state index contributed by atoms with van der Waals surface area (Å²) in [6, 6.07) is 9.56. The molecule has 0 spiro atoms. The second-order valence-electron chi connectivity index (χ2n) is 4.62. The average Bonchev–Trinajstić information content (AvgIpc) is 3.20. The lowest BCUT2D eigenvalue weighted by molar-refractivity contribution is -0.122. The number of amides is 1. The third-order valence-electron chi connectivity index (χ3n) is 2.99. The maximum absolute atomic E-state index is 13.5. The van der Waals surface area contributed by atoms with Gasteiger partial charge >= 0.3 is 0 Å². The fourth-order valence-electron chi connectivity index (χ4n) is 1.85. The molecule has 0 aliphatic rings. The van der Waals surface area contributed by atoms with Gasteiger partial charge in [-0.25, -0.2) is 9.02 Å². The predicted molar refractivity (Wildman–Crippen MR) is 82.7 cm³/mol. The summed E-state index contributed by atoms with van der Waals surface area (Å²) in [7, 11) is 0. The number of para-hydroxylation sites is 1. The van der Waals surface area contributed by atoms with Gasteiger partial charge in [0.2, 0.25) is 5.82 Å². The minimum atomic E-state index is -0.917. The molecule has 0 bridgehead atoms. The van der Waals surface area contributed by atoms with E-state index < -0.39 is 17.8 Å². The molecule has 0 saturated carbocycles. The number of halogens is 1. The second-order valence-corrected chi connectivity index (χ2v) is 5.57. The van der Waals surface area contributed by atoms with Gasteiger partial charge in [0.15, 0.2) is 23.4 Å². The number of hydrogen-bond donors (Lipinski definition) is 1. The van der Waals surface area contributed by atoms with Crippen LogP contribution in [0.5, 0.6) is 5.75 Å². The van der Waals surface area contributed by atoms with Gasteiger partial charge in [-0.05, 0) is 40.8 Å². The Morgan fingerprint density at radius 1 is 1.30 bits per heavy atom. The van der Waals surface area contributed by atoms with Crippen LogP contribution in [-0.4, -0.2) is 22.3 Å². The molecule has 23 heavy (non-hydrogen) atoms. The summed E-state index contributed by atoms with van der Waals surface area (Å²) in [5, 5.41) is 11.9. The molecule has 1 amide bonds. The summed E-state index contributed by atoms with van der Waals surface area (Å²) in [6.45, 7) is 1.51. The highest BCUT2D eigenvalue weighted by molar-refractivity contribution is 7.13. The van der Waals surface area contributed by atoms with Gasteiger partial charge in [0.1, 0.15) is 0 Å². The monoisotopic (exact) mass is 333 g/mol. The highest BCUT2D eigenvalue weighted by Gasteiger charge is 2.21. The van der Waals surface area contributed by atoms with Crippen molar-refractivity contribution in [3.05, 3.63) is 47.6 Å². The molecule has 0 fully saturated rings. The van der Waals surface area contributed by atoms with Crippen LogP contribution >= 0.6 is 11.3 Å². The predicted octanol–water partition coefficient (Wildman–Crippen LogP) is 3.34. The van der Waals surface area contributed by atoms with E-state index in [1.165, 1.54) is 30.4 Å². The zero-order valence-corrected chi connectivity index (χ0v) is 12.8. The number of benzene rings is 1. The molecule has 1 N–H and O–H groups in total. The normalized spacial score (nSPS) is 11.9. The molecular weight excluding hydrogens is 321 g/mol. The Bertz CT molecular complexity index is 804. The Morgan fingerprint density at radius 3 is 2.87 bits per heavy atom. The number of nitrogens with one attached hydrogen (secondary N) is 1. The van der Waals surface area contributed by atoms with Gasteiger partial charge in [0, 0.05) is 0 Å². The molecule has 3 rings (SSSR count). The molecule has 0 aliphatic heterocycles. The van der Waals surface area contributed by atoms with E-state index in [-0.39, 0.29) is 11.6 Å². The van der Waals surface area contributed by atoms with E-state index in [4.69, 9.17) is 4.74 Å². The molecule has 3 aromatic rings. The highest BCUT2D eigenvalue weighted by Crippen LogP contribution is 2.28. The maximum Gasteiger partial charge on any atom is 0.266 e. The molecular formula is C15H12FN3O3S. The zero-order chi connectivity index (χ0) is 16.2. The van der Waals surface area contributed by atoms with Crippen molar-refractivity contribution in [3.8, 4) is 16.3 Å². The van der Waals surface area contributed by atoms with Gasteiger partial charge in [-0.15, -0.1) is 11.3 Å². The molecule has 0 unspecified atom stereocenters. The number of carbonyl (C=O) groups is 1. The summed E-state index contributed by atoms with van der Waals surface area (Å²) in [4.78, 5) is 13.0. The van der Waals surface area contributed by atoms with Gasteiger partial charge in [-0.3, -0.25) is 4.79 Å². The SMILES string of the molecule is C[C@H](Oc1ccccc1F)C(=O)Nc1nonc1-c1cccs1. The van der Waals surface area contributed by atoms with Gasteiger partial charge in [0.25, 0.3) is 5.91 Å². The lowest BCUT2D eigenvalue weighted by Gasteiger charge is -2.14. The molecule has 2 aromatic heterocycles. The molecule has 6 nitrogen and oxygen atoms in total. The third-order valence-corrected chi connectivity index (χ3v) is 3.87. The number of thiophene rings is 1. The van der Waals surface area contributed by atoms with Crippen LogP contribution in [0.25, 0.3) is 10.6 Å². The van der Waals surface area contributed by atoms with E-state index in [1.54, 1.807) is 12.1 Å². The lowest BCUT2D eigenvalue weighted by atomic mass is 10.3. The number of rotatable bonds is 5. The Labute approximate surface area is 134 Å². The molecule has 0 radical (unpaired) electrons. The zero-order valence-electron chi connectivity index (χ0n) is 12.0. The van der Waals surface area contributed by atoms with Crippen LogP contribution < -0.4 is 10.1 Å². The van der Waals surface area contributed by atoms with Crippen molar-refractivity contribution in [2.45, 2.75) is 13.0 Å². The van der Waals surface area contributed by atoms with E-state index in [0.29, 0.717) is 5.69 Å². The number of nitrogens with zero attached hydrogens (tertiary/aromatic N) is 2. The van der Waals surface area contributed by atoms with Crippen molar-refractivity contribution >= 4 is 23.1 Å². The van der Waals surface area contributed by atoms with Crippen molar-refractivity contribution in [1.29, 1.82) is 0 Å². The Hall–Kier alpha value is -2.74.